The molecule has 0 aromatic carbocycles. The molecule has 1 rings (SSSR count). The first-order chi connectivity index (χ1) is 11.3. The number of nitrogens with two attached hydrogens (primary N) is 1. The van der Waals surface area contributed by atoms with Gasteiger partial charge in [0.25, 0.3) is 10.0 Å². The fraction of sp³-hybridized carbons (Fsp3) is 0.545. The SMILES string of the molecule is CC(C)(C)OC(=O)N(CC(=O)O)CC(=O)Nc1nnc(S(N)(=O)=O)s1. The highest BCUT2D eigenvalue weighted by atomic mass is 32.2. The van der Waals surface area contributed by atoms with E-state index >= 15 is 0 Å². The van der Waals surface area contributed by atoms with Gasteiger partial charge >= 0.3 is 12.1 Å². The van der Waals surface area contributed by atoms with Gasteiger partial charge in [0.1, 0.15) is 18.7 Å². The summed E-state index contributed by atoms with van der Waals surface area (Å²) < 4.78 is 26.7. The molecular weight excluding hydrogens is 378 g/mol. The second-order valence-electron chi connectivity index (χ2n) is 5.70. The van der Waals surface area contributed by atoms with Crippen molar-refractivity contribution in [2.45, 2.75) is 30.7 Å². The molecule has 25 heavy (non-hydrogen) atoms. The van der Waals surface area contributed by atoms with E-state index in [1.54, 1.807) is 20.8 Å². The minimum atomic E-state index is -4.06. The van der Waals surface area contributed by atoms with Gasteiger partial charge in [0.05, 0.1) is 0 Å². The number of amides is 2. The van der Waals surface area contributed by atoms with Crippen molar-refractivity contribution in [2.24, 2.45) is 5.14 Å². The molecule has 0 fully saturated rings. The monoisotopic (exact) mass is 395 g/mol. The number of primary sulfonamides is 1. The molecular formula is C11H17N5O7S2. The van der Waals surface area contributed by atoms with E-state index < -0.39 is 51.0 Å². The van der Waals surface area contributed by atoms with Gasteiger partial charge in [0.15, 0.2) is 0 Å². The van der Waals surface area contributed by atoms with Crippen molar-refractivity contribution in [3.05, 3.63) is 0 Å². The summed E-state index contributed by atoms with van der Waals surface area (Å²) in [7, 11) is -4.06. The van der Waals surface area contributed by atoms with E-state index in [9.17, 15) is 22.8 Å². The predicted octanol–water partition coefficient (Wildman–Crippen LogP) is -0.554. The van der Waals surface area contributed by atoms with Crippen molar-refractivity contribution in [1.29, 1.82) is 0 Å². The Morgan fingerprint density at radius 3 is 2.32 bits per heavy atom. The number of ether oxygens (including phenoxy) is 1. The molecule has 4 N–H and O–H groups in total. The number of anilines is 1. The fourth-order valence-electron chi connectivity index (χ4n) is 1.38. The Morgan fingerprint density at radius 2 is 1.88 bits per heavy atom. The summed E-state index contributed by atoms with van der Waals surface area (Å²) in [6.45, 7) is 3.34. The van der Waals surface area contributed by atoms with Gasteiger partial charge in [-0.05, 0) is 20.8 Å². The number of hydrogen-bond donors (Lipinski definition) is 3. The molecule has 0 aliphatic heterocycles. The number of carbonyl (C=O) groups excluding carboxylic acids is 2. The second kappa shape index (κ2) is 7.71. The first-order valence-corrected chi connectivity index (χ1v) is 9.00. The zero-order valence-electron chi connectivity index (χ0n) is 13.5. The third-order valence-corrected chi connectivity index (χ3v) is 4.36. The molecule has 0 aliphatic rings. The maximum absolute atomic E-state index is 12.0. The van der Waals surface area contributed by atoms with Crippen LogP contribution >= 0.6 is 11.3 Å². The number of carbonyl (C=O) groups is 3. The highest BCUT2D eigenvalue weighted by Gasteiger charge is 2.26. The number of sulfonamides is 1. The van der Waals surface area contributed by atoms with Gasteiger partial charge in [0.2, 0.25) is 15.4 Å². The smallest absolute Gasteiger partial charge is 0.411 e. The number of carboxylic acid groups (broad SMARTS) is 1. The van der Waals surface area contributed by atoms with Gasteiger partial charge in [-0.25, -0.2) is 18.4 Å². The Bertz CT molecular complexity index is 768. The van der Waals surface area contributed by atoms with Crippen molar-refractivity contribution in [2.75, 3.05) is 18.4 Å². The molecule has 1 aromatic rings. The molecule has 1 heterocycles. The van der Waals surface area contributed by atoms with E-state index in [1.165, 1.54) is 0 Å². The molecule has 0 radical (unpaired) electrons. The minimum Gasteiger partial charge on any atom is -0.480 e. The van der Waals surface area contributed by atoms with Gasteiger partial charge in [-0.3, -0.25) is 19.8 Å². The summed E-state index contributed by atoms with van der Waals surface area (Å²) in [5.41, 5.74) is -0.881. The average molecular weight is 395 g/mol. The molecule has 0 saturated carbocycles. The topological polar surface area (TPSA) is 182 Å². The second-order valence-corrected chi connectivity index (χ2v) is 8.41. The first kappa shape index (κ1) is 20.7. The van der Waals surface area contributed by atoms with Crippen LogP contribution in [0.1, 0.15) is 20.8 Å². The van der Waals surface area contributed by atoms with E-state index in [4.69, 9.17) is 15.0 Å². The number of nitrogens with zero attached hydrogens (tertiary/aromatic N) is 3. The van der Waals surface area contributed by atoms with E-state index in [-0.39, 0.29) is 5.13 Å². The molecule has 0 spiro atoms. The van der Waals surface area contributed by atoms with Gasteiger partial charge in [-0.1, -0.05) is 11.3 Å². The molecule has 2 amide bonds. The Labute approximate surface area is 147 Å². The standard InChI is InChI=1S/C11H17N5O7S2/c1-11(2,3)23-10(20)16(5-7(18)19)4-6(17)13-8-14-15-9(24-8)25(12,21)22/h4-5H2,1-3H3,(H,18,19)(H2,12,21,22)(H,13,14,17). The third-order valence-electron chi connectivity index (χ3n) is 2.21. The summed E-state index contributed by atoms with van der Waals surface area (Å²) in [4.78, 5) is 35.4. The fourth-order valence-corrected chi connectivity index (χ4v) is 2.73. The summed E-state index contributed by atoms with van der Waals surface area (Å²) in [5, 5.41) is 22.5. The molecule has 1 aromatic heterocycles. The van der Waals surface area contributed by atoms with Crippen molar-refractivity contribution < 1.29 is 32.6 Å². The summed E-state index contributed by atoms with van der Waals surface area (Å²) in [5.74, 6) is -2.16. The molecule has 0 unspecified atom stereocenters. The van der Waals surface area contributed by atoms with Crippen molar-refractivity contribution in [3.63, 3.8) is 0 Å². The zero-order valence-corrected chi connectivity index (χ0v) is 15.2. The minimum absolute atomic E-state index is 0.173. The summed E-state index contributed by atoms with van der Waals surface area (Å²) in [6, 6.07) is 0. The number of hydrogen-bond acceptors (Lipinski definition) is 9. The Hall–Kier alpha value is -2.32. The van der Waals surface area contributed by atoms with Gasteiger partial charge < -0.3 is 9.84 Å². The van der Waals surface area contributed by atoms with Gasteiger partial charge in [0, 0.05) is 0 Å². The summed E-state index contributed by atoms with van der Waals surface area (Å²) >= 11 is 0.509. The number of nitrogens with one attached hydrogen (secondary N) is 1. The van der Waals surface area contributed by atoms with Crippen molar-refractivity contribution >= 4 is 44.5 Å². The third kappa shape index (κ3) is 7.40. The number of carboxylic acids is 1. The predicted molar refractivity (Wildman–Crippen MR) is 85.4 cm³/mol. The van der Waals surface area contributed by atoms with Crippen LogP contribution in [0.3, 0.4) is 0 Å². The van der Waals surface area contributed by atoms with E-state index in [1.807, 2.05) is 0 Å². The van der Waals surface area contributed by atoms with Crippen LogP contribution in [0.15, 0.2) is 4.34 Å². The van der Waals surface area contributed by atoms with Crippen LogP contribution in [-0.4, -0.2) is 65.3 Å². The lowest BCUT2D eigenvalue weighted by Crippen LogP contribution is -2.43. The molecule has 0 aliphatic carbocycles. The molecule has 0 saturated heterocycles. The zero-order chi connectivity index (χ0) is 19.4. The maximum atomic E-state index is 12.0. The number of aliphatic carboxylic acids is 1. The quantitative estimate of drug-likeness (QED) is 0.532. The Morgan fingerprint density at radius 1 is 1.28 bits per heavy atom. The van der Waals surface area contributed by atoms with Crippen molar-refractivity contribution in [3.8, 4) is 0 Å². The molecule has 14 heteroatoms. The van der Waals surface area contributed by atoms with Crippen LogP contribution in [-0.2, 0) is 24.3 Å². The van der Waals surface area contributed by atoms with Crippen LogP contribution in [0.25, 0.3) is 0 Å². The number of aromatic nitrogens is 2. The maximum Gasteiger partial charge on any atom is 0.411 e. The lowest BCUT2D eigenvalue weighted by atomic mass is 10.2. The average Bonchev–Trinajstić information content (AvgIpc) is 2.83. The van der Waals surface area contributed by atoms with E-state index in [2.05, 4.69) is 15.5 Å². The van der Waals surface area contributed by atoms with Gasteiger partial charge in [-0.15, -0.1) is 10.2 Å². The lowest BCUT2D eigenvalue weighted by Gasteiger charge is -2.25. The lowest BCUT2D eigenvalue weighted by molar-refractivity contribution is -0.138. The van der Waals surface area contributed by atoms with Crippen molar-refractivity contribution in [1.82, 2.24) is 15.1 Å². The van der Waals surface area contributed by atoms with Gasteiger partial charge in [-0.2, -0.15) is 0 Å². The number of rotatable bonds is 6. The highest BCUT2D eigenvalue weighted by Crippen LogP contribution is 2.18. The van der Waals surface area contributed by atoms with E-state index in [0.29, 0.717) is 16.2 Å². The Kier molecular flexibility index (Phi) is 6.39. The van der Waals surface area contributed by atoms with Crippen LogP contribution in [0.4, 0.5) is 9.93 Å². The van der Waals surface area contributed by atoms with E-state index in [0.717, 1.165) is 0 Å². The van der Waals surface area contributed by atoms with Crippen LogP contribution in [0.2, 0.25) is 0 Å². The normalized spacial score (nSPS) is 11.7. The Balaban J connectivity index is 2.79. The van der Waals surface area contributed by atoms with Crippen LogP contribution in [0, 0.1) is 0 Å². The van der Waals surface area contributed by atoms with Crippen LogP contribution in [0.5, 0.6) is 0 Å². The molecule has 0 atom stereocenters. The first-order valence-electron chi connectivity index (χ1n) is 6.64. The van der Waals surface area contributed by atoms with Crippen LogP contribution < -0.4 is 10.5 Å². The largest absolute Gasteiger partial charge is 0.480 e. The molecule has 12 nitrogen and oxygen atoms in total. The molecule has 140 valence electrons. The highest BCUT2D eigenvalue weighted by molar-refractivity contribution is 7.91. The molecule has 0 bridgehead atoms. The summed E-state index contributed by atoms with van der Waals surface area (Å²) in [6.07, 6.45) is -0.993.